The molecule has 0 aliphatic carbocycles. The van der Waals surface area contributed by atoms with E-state index >= 15 is 0 Å². The van der Waals surface area contributed by atoms with Gasteiger partial charge < -0.3 is 10.2 Å². The first-order chi connectivity index (χ1) is 9.11. The normalized spacial score (nSPS) is 10.9. The lowest BCUT2D eigenvalue weighted by molar-refractivity contribution is 0.0774. The molecule has 0 heterocycles. The van der Waals surface area contributed by atoms with E-state index in [-0.39, 0.29) is 5.75 Å². The molecule has 0 unspecified atom stereocenters. The average Bonchev–Trinajstić information content (AvgIpc) is 2.42. The number of phenolic OH excluding ortho intramolecular Hbond substituents is 1. The summed E-state index contributed by atoms with van der Waals surface area (Å²) in [6.45, 7) is 4.22. The second-order valence-electron chi connectivity index (χ2n) is 5.01. The van der Waals surface area contributed by atoms with Crippen LogP contribution >= 0.6 is 0 Å². The number of benzene rings is 1. The Labute approximate surface area is 116 Å². The Morgan fingerprint density at radius 1 is 1.05 bits per heavy atom. The van der Waals surface area contributed by atoms with Crippen molar-refractivity contribution in [3.8, 4) is 17.6 Å². The molecule has 2 nitrogen and oxygen atoms in total. The van der Waals surface area contributed by atoms with Gasteiger partial charge in [-0.25, -0.2) is 0 Å². The minimum absolute atomic E-state index is 0.170. The van der Waals surface area contributed by atoms with Crippen LogP contribution in [0.4, 0.5) is 0 Å². The summed E-state index contributed by atoms with van der Waals surface area (Å²) < 4.78 is 0. The van der Waals surface area contributed by atoms with E-state index in [0.29, 0.717) is 18.4 Å². The molecule has 0 spiro atoms. The van der Waals surface area contributed by atoms with Gasteiger partial charge in [0.2, 0.25) is 0 Å². The number of unbranched alkanes of at least 4 members (excludes halogenated alkanes) is 2. The molecule has 0 saturated carbocycles. The monoisotopic (exact) mass is 260 g/mol. The highest BCUT2D eigenvalue weighted by Gasteiger charge is 2.22. The maximum atomic E-state index is 10.6. The number of hydrogen-bond donors (Lipinski definition) is 2. The number of rotatable bonds is 6. The highest BCUT2D eigenvalue weighted by atomic mass is 16.3. The molecule has 1 rings (SSSR count). The first-order valence-corrected chi connectivity index (χ1v) is 7.15. The van der Waals surface area contributed by atoms with Gasteiger partial charge in [-0.2, -0.15) is 0 Å². The minimum Gasteiger partial charge on any atom is -0.507 e. The van der Waals surface area contributed by atoms with E-state index in [4.69, 9.17) is 0 Å². The first kappa shape index (κ1) is 15.6. The Morgan fingerprint density at radius 3 is 2.16 bits per heavy atom. The standard InChI is InChI=1S/C17H24O2/c1-3-5-12-17(19,13-6-4-2)14-11-15-9-7-8-10-16(15)18/h7-10,18-19H,3-6,12-13H2,1-2H3. The third-order valence-corrected chi connectivity index (χ3v) is 3.22. The van der Waals surface area contributed by atoms with Crippen LogP contribution in [0.1, 0.15) is 57.9 Å². The van der Waals surface area contributed by atoms with E-state index in [1.54, 1.807) is 18.2 Å². The molecule has 0 bridgehead atoms. The van der Waals surface area contributed by atoms with Crippen molar-refractivity contribution >= 4 is 0 Å². The van der Waals surface area contributed by atoms with Crippen LogP contribution in [0.25, 0.3) is 0 Å². The molecule has 0 aromatic heterocycles. The van der Waals surface area contributed by atoms with Crippen LogP contribution in [-0.2, 0) is 0 Å². The first-order valence-electron chi connectivity index (χ1n) is 7.15. The van der Waals surface area contributed by atoms with Gasteiger partial charge in [-0.15, -0.1) is 0 Å². The molecular formula is C17H24O2. The van der Waals surface area contributed by atoms with Crippen LogP contribution in [0.3, 0.4) is 0 Å². The molecule has 0 saturated heterocycles. The van der Waals surface area contributed by atoms with Crippen molar-refractivity contribution in [2.24, 2.45) is 0 Å². The maximum Gasteiger partial charge on any atom is 0.131 e. The molecule has 0 aliphatic rings. The third-order valence-electron chi connectivity index (χ3n) is 3.22. The van der Waals surface area contributed by atoms with E-state index in [0.717, 1.165) is 25.7 Å². The Kier molecular flexibility index (Phi) is 6.45. The molecule has 104 valence electrons. The zero-order valence-electron chi connectivity index (χ0n) is 11.9. The van der Waals surface area contributed by atoms with Gasteiger partial charge in [0.15, 0.2) is 0 Å². The van der Waals surface area contributed by atoms with Gasteiger partial charge in [0.05, 0.1) is 5.56 Å². The van der Waals surface area contributed by atoms with Gasteiger partial charge >= 0.3 is 0 Å². The Bertz CT molecular complexity index is 432. The summed E-state index contributed by atoms with van der Waals surface area (Å²) in [6.07, 6.45) is 5.43. The van der Waals surface area contributed by atoms with Crippen molar-refractivity contribution < 1.29 is 10.2 Å². The molecule has 0 amide bonds. The van der Waals surface area contributed by atoms with Gasteiger partial charge in [-0.3, -0.25) is 0 Å². The predicted molar refractivity (Wildman–Crippen MR) is 79.0 cm³/mol. The van der Waals surface area contributed by atoms with E-state index in [9.17, 15) is 10.2 Å². The summed E-state index contributed by atoms with van der Waals surface area (Å²) in [4.78, 5) is 0. The lowest BCUT2D eigenvalue weighted by Gasteiger charge is -2.21. The number of aromatic hydroxyl groups is 1. The Hall–Kier alpha value is -1.46. The minimum atomic E-state index is -0.922. The maximum absolute atomic E-state index is 10.6. The third kappa shape index (κ3) is 5.36. The quantitative estimate of drug-likeness (QED) is 0.763. The topological polar surface area (TPSA) is 40.5 Å². The van der Waals surface area contributed by atoms with Crippen molar-refractivity contribution in [1.29, 1.82) is 0 Å². The molecule has 2 heteroatoms. The molecule has 1 aromatic carbocycles. The highest BCUT2D eigenvalue weighted by molar-refractivity contribution is 5.45. The second kappa shape index (κ2) is 7.86. The largest absolute Gasteiger partial charge is 0.507 e. The molecule has 2 N–H and O–H groups in total. The molecule has 1 aromatic rings. The van der Waals surface area contributed by atoms with E-state index < -0.39 is 5.60 Å². The molecule has 0 atom stereocenters. The van der Waals surface area contributed by atoms with Crippen LogP contribution in [0.2, 0.25) is 0 Å². The number of para-hydroxylation sites is 1. The van der Waals surface area contributed by atoms with Gasteiger partial charge in [-0.05, 0) is 37.8 Å². The summed E-state index contributed by atoms with van der Waals surface area (Å²) in [6, 6.07) is 6.98. The number of hydrogen-bond acceptors (Lipinski definition) is 2. The van der Waals surface area contributed by atoms with Crippen molar-refractivity contribution in [3.63, 3.8) is 0 Å². The summed E-state index contributed by atoms with van der Waals surface area (Å²) in [5.74, 6) is 6.06. The summed E-state index contributed by atoms with van der Waals surface area (Å²) in [7, 11) is 0. The van der Waals surface area contributed by atoms with Gasteiger partial charge in [-0.1, -0.05) is 50.7 Å². The lowest BCUT2D eigenvalue weighted by Crippen LogP contribution is -2.26. The van der Waals surface area contributed by atoms with Crippen LogP contribution in [0, 0.1) is 11.8 Å². The smallest absolute Gasteiger partial charge is 0.131 e. The number of aliphatic hydroxyl groups is 1. The second-order valence-corrected chi connectivity index (χ2v) is 5.01. The fraction of sp³-hybridized carbons (Fsp3) is 0.529. The van der Waals surface area contributed by atoms with Crippen LogP contribution < -0.4 is 0 Å². The predicted octanol–water partition coefficient (Wildman–Crippen LogP) is 3.86. The average molecular weight is 260 g/mol. The summed E-state index contributed by atoms with van der Waals surface area (Å²) >= 11 is 0. The Morgan fingerprint density at radius 2 is 1.63 bits per heavy atom. The highest BCUT2D eigenvalue weighted by Crippen LogP contribution is 2.22. The van der Waals surface area contributed by atoms with E-state index in [1.165, 1.54) is 0 Å². The molecule has 0 aliphatic heterocycles. The zero-order valence-corrected chi connectivity index (χ0v) is 11.9. The van der Waals surface area contributed by atoms with Gasteiger partial charge in [0.25, 0.3) is 0 Å². The summed E-state index contributed by atoms with van der Waals surface area (Å²) in [5.41, 5.74) is -0.345. The van der Waals surface area contributed by atoms with Crippen LogP contribution in [0.15, 0.2) is 24.3 Å². The molecular weight excluding hydrogens is 236 g/mol. The zero-order chi connectivity index (χ0) is 14.1. The lowest BCUT2D eigenvalue weighted by atomic mass is 9.91. The van der Waals surface area contributed by atoms with E-state index in [1.807, 2.05) is 6.07 Å². The van der Waals surface area contributed by atoms with Crippen LogP contribution in [-0.4, -0.2) is 15.8 Å². The van der Waals surface area contributed by atoms with Crippen molar-refractivity contribution in [2.75, 3.05) is 0 Å². The molecule has 0 radical (unpaired) electrons. The van der Waals surface area contributed by atoms with Crippen LogP contribution in [0.5, 0.6) is 5.75 Å². The van der Waals surface area contributed by atoms with Gasteiger partial charge in [0.1, 0.15) is 11.4 Å². The SMILES string of the molecule is CCCCC(O)(C#Cc1ccccc1O)CCCC. The van der Waals surface area contributed by atoms with Crippen molar-refractivity contribution in [2.45, 2.75) is 58.0 Å². The Balaban J connectivity index is 2.85. The number of phenols is 1. The van der Waals surface area contributed by atoms with Crippen molar-refractivity contribution in [1.82, 2.24) is 0 Å². The molecule has 0 fully saturated rings. The van der Waals surface area contributed by atoms with Crippen molar-refractivity contribution in [3.05, 3.63) is 29.8 Å². The van der Waals surface area contributed by atoms with Gasteiger partial charge in [0, 0.05) is 0 Å². The molecule has 19 heavy (non-hydrogen) atoms. The fourth-order valence-corrected chi connectivity index (χ4v) is 1.95. The van der Waals surface area contributed by atoms with E-state index in [2.05, 4.69) is 25.7 Å². The summed E-state index contributed by atoms with van der Waals surface area (Å²) in [5, 5.41) is 20.2. The fourth-order valence-electron chi connectivity index (χ4n) is 1.95.